The first kappa shape index (κ1) is 10.3. The van der Waals surface area contributed by atoms with Crippen molar-refractivity contribution in [3.63, 3.8) is 0 Å². The molecule has 0 spiro atoms. The molecule has 0 saturated carbocycles. The van der Waals surface area contributed by atoms with Crippen LogP contribution in [0.25, 0.3) is 0 Å². The molecule has 1 radical (unpaired) electrons. The summed E-state index contributed by atoms with van der Waals surface area (Å²) in [6.07, 6.45) is 6.99. The number of rotatable bonds is 7. The number of thioether (sulfide) groups is 1. The van der Waals surface area contributed by atoms with Crippen LogP contribution in [0.4, 0.5) is 0 Å². The first-order valence-electron chi connectivity index (χ1n) is 4.28. The van der Waals surface area contributed by atoms with Gasteiger partial charge >= 0.3 is 0 Å². The van der Waals surface area contributed by atoms with Crippen molar-refractivity contribution in [3.8, 4) is 0 Å². The molecule has 0 saturated heterocycles. The molecule has 0 aliphatic carbocycles. The minimum Gasteiger partial charge on any atom is -0.162 e. The van der Waals surface area contributed by atoms with Crippen LogP contribution in [0, 0.1) is 6.92 Å². The lowest BCUT2D eigenvalue weighted by atomic mass is 10.2. The molecule has 0 aromatic carbocycles. The maximum Gasteiger partial charge on any atom is -0.00672 e. The van der Waals surface area contributed by atoms with Crippen molar-refractivity contribution in [2.75, 3.05) is 11.5 Å². The zero-order valence-electron chi connectivity index (χ0n) is 7.07. The second kappa shape index (κ2) is 9.35. The van der Waals surface area contributed by atoms with Crippen molar-refractivity contribution in [2.24, 2.45) is 0 Å². The largest absolute Gasteiger partial charge is 0.162 e. The summed E-state index contributed by atoms with van der Waals surface area (Å²) in [4.78, 5) is 0. The Balaban J connectivity index is 2.65. The predicted octanol–water partition coefficient (Wildman–Crippen LogP) is 3.52. The van der Waals surface area contributed by atoms with E-state index in [-0.39, 0.29) is 0 Å². The van der Waals surface area contributed by atoms with E-state index >= 15 is 0 Å². The highest BCUT2D eigenvalue weighted by molar-refractivity contribution is 7.99. The van der Waals surface area contributed by atoms with Crippen molar-refractivity contribution >= 4 is 11.8 Å². The smallest absolute Gasteiger partial charge is 0.00672 e. The zero-order valence-corrected chi connectivity index (χ0v) is 7.88. The van der Waals surface area contributed by atoms with Gasteiger partial charge in [-0.1, -0.05) is 32.6 Å². The Morgan fingerprint density at radius 1 is 1.10 bits per heavy atom. The Hall–Kier alpha value is 0.350. The summed E-state index contributed by atoms with van der Waals surface area (Å²) in [6.45, 7) is 6.04. The van der Waals surface area contributed by atoms with Crippen molar-refractivity contribution in [1.29, 1.82) is 0 Å². The van der Waals surface area contributed by atoms with E-state index in [0.29, 0.717) is 0 Å². The molecule has 10 heavy (non-hydrogen) atoms. The molecule has 0 aliphatic rings. The van der Waals surface area contributed by atoms with E-state index in [1.807, 2.05) is 11.8 Å². The van der Waals surface area contributed by atoms with Gasteiger partial charge in [0.05, 0.1) is 0 Å². The molecule has 0 N–H and O–H groups in total. The molecular weight excluding hydrogens is 140 g/mol. The van der Waals surface area contributed by atoms with E-state index in [0.717, 1.165) is 5.75 Å². The fraction of sp³-hybridized carbons (Fsp3) is 0.889. The van der Waals surface area contributed by atoms with E-state index in [9.17, 15) is 0 Å². The van der Waals surface area contributed by atoms with Gasteiger partial charge in [-0.3, -0.25) is 0 Å². The summed E-state index contributed by atoms with van der Waals surface area (Å²) >= 11 is 1.96. The van der Waals surface area contributed by atoms with Crippen LogP contribution in [-0.2, 0) is 0 Å². The SMILES string of the molecule is [CH2]CSCCCCCCC. The fourth-order valence-electron chi connectivity index (χ4n) is 0.910. The van der Waals surface area contributed by atoms with Gasteiger partial charge in [-0.2, -0.15) is 11.8 Å². The van der Waals surface area contributed by atoms with Gasteiger partial charge in [0.25, 0.3) is 0 Å². The second-order valence-corrected chi connectivity index (χ2v) is 3.75. The average molecular weight is 159 g/mol. The molecule has 0 aromatic rings. The van der Waals surface area contributed by atoms with Gasteiger partial charge in [-0.15, -0.1) is 0 Å². The molecular formula is C9H19S. The average Bonchev–Trinajstić information content (AvgIpc) is 1.97. The molecule has 0 rings (SSSR count). The Morgan fingerprint density at radius 2 is 1.80 bits per heavy atom. The molecule has 0 fully saturated rings. The lowest BCUT2D eigenvalue weighted by Crippen LogP contribution is -1.81. The van der Waals surface area contributed by atoms with Crippen molar-refractivity contribution < 1.29 is 0 Å². The molecule has 0 atom stereocenters. The van der Waals surface area contributed by atoms with E-state index in [2.05, 4.69) is 13.8 Å². The third kappa shape index (κ3) is 8.35. The molecule has 0 bridgehead atoms. The monoisotopic (exact) mass is 159 g/mol. The third-order valence-corrected chi connectivity index (χ3v) is 2.40. The van der Waals surface area contributed by atoms with Gasteiger partial charge in [0.1, 0.15) is 0 Å². The van der Waals surface area contributed by atoms with Gasteiger partial charge in [-0.25, -0.2) is 0 Å². The van der Waals surface area contributed by atoms with Gasteiger partial charge in [0.15, 0.2) is 0 Å². The fourth-order valence-corrected chi connectivity index (χ4v) is 1.52. The first-order valence-corrected chi connectivity index (χ1v) is 5.44. The molecule has 0 heterocycles. The lowest BCUT2D eigenvalue weighted by Gasteiger charge is -1.97. The highest BCUT2D eigenvalue weighted by Crippen LogP contribution is 2.07. The maximum atomic E-state index is 3.78. The number of hydrogen-bond acceptors (Lipinski definition) is 1. The Labute approximate surface area is 69.8 Å². The van der Waals surface area contributed by atoms with Gasteiger partial charge in [-0.05, 0) is 24.9 Å². The van der Waals surface area contributed by atoms with Crippen LogP contribution < -0.4 is 0 Å². The van der Waals surface area contributed by atoms with E-state index < -0.39 is 0 Å². The molecule has 61 valence electrons. The van der Waals surface area contributed by atoms with E-state index in [1.165, 1.54) is 37.9 Å². The van der Waals surface area contributed by atoms with Crippen LogP contribution in [0.15, 0.2) is 0 Å². The molecule has 0 unspecified atom stereocenters. The van der Waals surface area contributed by atoms with Gasteiger partial charge in [0, 0.05) is 0 Å². The molecule has 0 aliphatic heterocycles. The summed E-state index contributed by atoms with van der Waals surface area (Å²) in [5, 5.41) is 0. The normalized spacial score (nSPS) is 10.2. The number of hydrogen-bond donors (Lipinski definition) is 0. The molecule has 0 nitrogen and oxygen atoms in total. The topological polar surface area (TPSA) is 0 Å². The van der Waals surface area contributed by atoms with Crippen LogP contribution >= 0.6 is 11.8 Å². The van der Waals surface area contributed by atoms with E-state index in [1.54, 1.807) is 0 Å². The Morgan fingerprint density at radius 3 is 2.40 bits per heavy atom. The Bertz CT molecular complexity index is 44.7. The van der Waals surface area contributed by atoms with Crippen LogP contribution in [0.1, 0.15) is 39.0 Å². The number of unbranched alkanes of at least 4 members (excludes halogenated alkanes) is 4. The van der Waals surface area contributed by atoms with Crippen molar-refractivity contribution in [2.45, 2.75) is 39.0 Å². The van der Waals surface area contributed by atoms with Crippen molar-refractivity contribution in [3.05, 3.63) is 6.92 Å². The first-order chi connectivity index (χ1) is 4.91. The summed E-state index contributed by atoms with van der Waals surface area (Å²) in [5.74, 6) is 2.35. The van der Waals surface area contributed by atoms with Crippen molar-refractivity contribution in [1.82, 2.24) is 0 Å². The second-order valence-electron chi connectivity index (χ2n) is 2.53. The van der Waals surface area contributed by atoms with Crippen LogP contribution in [0.2, 0.25) is 0 Å². The van der Waals surface area contributed by atoms with E-state index in [4.69, 9.17) is 0 Å². The predicted molar refractivity (Wildman–Crippen MR) is 51.4 cm³/mol. The van der Waals surface area contributed by atoms with Gasteiger partial charge in [0.2, 0.25) is 0 Å². The molecule has 0 amide bonds. The minimum atomic E-state index is 1.04. The highest BCUT2D eigenvalue weighted by Gasteiger charge is 1.87. The third-order valence-electron chi connectivity index (χ3n) is 1.54. The zero-order chi connectivity index (χ0) is 7.66. The molecule has 1 heteroatoms. The van der Waals surface area contributed by atoms with Crippen LogP contribution in [0.5, 0.6) is 0 Å². The minimum absolute atomic E-state index is 1.04. The lowest BCUT2D eigenvalue weighted by molar-refractivity contribution is 0.659. The summed E-state index contributed by atoms with van der Waals surface area (Å²) in [7, 11) is 0. The van der Waals surface area contributed by atoms with Crippen LogP contribution in [-0.4, -0.2) is 11.5 Å². The van der Waals surface area contributed by atoms with Crippen LogP contribution in [0.3, 0.4) is 0 Å². The van der Waals surface area contributed by atoms with Gasteiger partial charge < -0.3 is 0 Å². The standard InChI is InChI=1S/C9H19S/c1-3-5-6-7-8-9-10-4-2/h2-9H2,1H3. The molecule has 0 aromatic heterocycles. The Kier molecular flexibility index (Phi) is 9.68. The summed E-state index contributed by atoms with van der Waals surface area (Å²) < 4.78 is 0. The quantitative estimate of drug-likeness (QED) is 0.512. The highest BCUT2D eigenvalue weighted by atomic mass is 32.2. The summed E-state index contributed by atoms with van der Waals surface area (Å²) in [6, 6.07) is 0. The summed E-state index contributed by atoms with van der Waals surface area (Å²) in [5.41, 5.74) is 0. The maximum absolute atomic E-state index is 3.78.